The Kier molecular flexibility index (Phi) is 11.3. The van der Waals surface area contributed by atoms with Gasteiger partial charge in [0.1, 0.15) is 0 Å². The molecule has 3 nitrogen and oxygen atoms in total. The van der Waals surface area contributed by atoms with E-state index >= 15 is 0 Å². The van der Waals surface area contributed by atoms with Crippen LogP contribution in [0.5, 0.6) is 0 Å². The second kappa shape index (κ2) is 9.74. The number of nitrogens with one attached hydrogen (secondary N) is 1. The van der Waals surface area contributed by atoms with E-state index in [4.69, 9.17) is 5.11 Å². The van der Waals surface area contributed by atoms with Crippen LogP contribution in [-0.4, -0.2) is 54.7 Å². The summed E-state index contributed by atoms with van der Waals surface area (Å²) in [6.45, 7) is 0. The van der Waals surface area contributed by atoms with Crippen molar-refractivity contribution in [3.05, 3.63) is 35.9 Å². The molecule has 0 saturated carbocycles. The van der Waals surface area contributed by atoms with Crippen molar-refractivity contribution in [3.63, 3.8) is 0 Å². The molecule has 4 heteroatoms. The zero-order valence-corrected chi connectivity index (χ0v) is 7.24. The van der Waals surface area contributed by atoms with Gasteiger partial charge in [-0.15, -0.1) is 0 Å². The first kappa shape index (κ1) is 15.1. The molecule has 1 aromatic rings. The SMILES string of the molecule is CNC.O=C(O)c1ccccc1.[NaH]. The van der Waals surface area contributed by atoms with Crippen LogP contribution in [0.3, 0.4) is 0 Å². The van der Waals surface area contributed by atoms with Gasteiger partial charge in [0.25, 0.3) is 0 Å². The van der Waals surface area contributed by atoms with Crippen LogP contribution in [-0.2, 0) is 0 Å². The minimum absolute atomic E-state index is 0. The van der Waals surface area contributed by atoms with Gasteiger partial charge in [-0.1, -0.05) is 18.2 Å². The van der Waals surface area contributed by atoms with Crippen molar-refractivity contribution in [2.75, 3.05) is 14.1 Å². The van der Waals surface area contributed by atoms with E-state index in [1.807, 2.05) is 14.1 Å². The Morgan fingerprint density at radius 3 is 1.85 bits per heavy atom. The summed E-state index contributed by atoms with van der Waals surface area (Å²) < 4.78 is 0. The van der Waals surface area contributed by atoms with E-state index < -0.39 is 5.97 Å². The van der Waals surface area contributed by atoms with Crippen LogP contribution in [0.4, 0.5) is 0 Å². The van der Waals surface area contributed by atoms with Crippen molar-refractivity contribution in [1.82, 2.24) is 5.32 Å². The Balaban J connectivity index is 0. The maximum absolute atomic E-state index is 10.2. The van der Waals surface area contributed by atoms with Crippen LogP contribution < -0.4 is 5.32 Å². The number of hydrogen-bond donors (Lipinski definition) is 2. The molecule has 0 aliphatic rings. The topological polar surface area (TPSA) is 49.3 Å². The normalized spacial score (nSPS) is 7.54. The molecule has 0 bridgehead atoms. The van der Waals surface area contributed by atoms with Crippen molar-refractivity contribution in [3.8, 4) is 0 Å². The molecule has 0 aromatic heterocycles. The quantitative estimate of drug-likeness (QED) is 0.638. The van der Waals surface area contributed by atoms with Gasteiger partial charge in [0, 0.05) is 0 Å². The summed E-state index contributed by atoms with van der Waals surface area (Å²) in [6, 6.07) is 8.30. The van der Waals surface area contributed by atoms with Crippen LogP contribution >= 0.6 is 0 Å². The second-order valence-corrected chi connectivity index (χ2v) is 2.17. The summed E-state index contributed by atoms with van der Waals surface area (Å²) in [5.41, 5.74) is 0.331. The van der Waals surface area contributed by atoms with Crippen LogP contribution in [0.25, 0.3) is 0 Å². The summed E-state index contributed by atoms with van der Waals surface area (Å²) in [5.74, 6) is -0.879. The Hall–Kier alpha value is -0.350. The fraction of sp³-hybridized carbons (Fsp3) is 0.222. The molecule has 0 aliphatic heterocycles. The number of carbonyl (C=O) groups is 1. The summed E-state index contributed by atoms with van der Waals surface area (Å²) >= 11 is 0. The first-order chi connectivity index (χ1) is 5.72. The monoisotopic (exact) mass is 191 g/mol. The Bertz CT molecular complexity index is 226. The summed E-state index contributed by atoms with van der Waals surface area (Å²) in [4.78, 5) is 10.2. The number of rotatable bonds is 1. The van der Waals surface area contributed by atoms with Crippen LogP contribution in [0, 0.1) is 0 Å². The summed E-state index contributed by atoms with van der Waals surface area (Å²) in [6.07, 6.45) is 0. The van der Waals surface area contributed by atoms with E-state index in [9.17, 15) is 4.79 Å². The standard InChI is InChI=1S/C7H6O2.C2H7N.Na.H/c8-7(9)6-4-2-1-3-5-6;1-3-2;;/h1-5H,(H,8,9);3H,1-2H3;;. The third-order valence-corrected chi connectivity index (χ3v) is 1.02. The molecule has 68 valence electrons. The molecule has 0 saturated heterocycles. The molecule has 0 unspecified atom stereocenters. The minimum atomic E-state index is -0.879. The molecule has 0 radical (unpaired) electrons. The molecule has 0 spiro atoms. The third-order valence-electron chi connectivity index (χ3n) is 1.02. The molecule has 2 N–H and O–H groups in total. The van der Waals surface area contributed by atoms with Gasteiger partial charge in [0.15, 0.2) is 0 Å². The molecule has 0 fully saturated rings. The predicted octanol–water partition coefficient (Wildman–Crippen LogP) is 0.572. The fourth-order valence-corrected chi connectivity index (χ4v) is 0.581. The average Bonchev–Trinajstić information content (AvgIpc) is 2.07. The zero-order valence-electron chi connectivity index (χ0n) is 7.24. The Labute approximate surface area is 100 Å². The molecule has 0 atom stereocenters. The Morgan fingerprint density at radius 1 is 1.23 bits per heavy atom. The van der Waals surface area contributed by atoms with Crippen molar-refractivity contribution < 1.29 is 9.90 Å². The second-order valence-electron chi connectivity index (χ2n) is 2.17. The molecular weight excluding hydrogens is 177 g/mol. The van der Waals surface area contributed by atoms with Crippen LogP contribution in [0.2, 0.25) is 0 Å². The van der Waals surface area contributed by atoms with E-state index in [1.165, 1.54) is 0 Å². The van der Waals surface area contributed by atoms with Gasteiger partial charge in [-0.25, -0.2) is 4.79 Å². The first-order valence-corrected chi connectivity index (χ1v) is 3.59. The van der Waals surface area contributed by atoms with E-state index in [2.05, 4.69) is 5.32 Å². The molecule has 0 amide bonds. The third kappa shape index (κ3) is 7.99. The van der Waals surface area contributed by atoms with Gasteiger partial charge in [0.05, 0.1) is 5.56 Å². The summed E-state index contributed by atoms with van der Waals surface area (Å²) in [7, 11) is 3.75. The van der Waals surface area contributed by atoms with Gasteiger partial charge in [-0.05, 0) is 26.2 Å². The number of hydrogen-bond acceptors (Lipinski definition) is 2. The van der Waals surface area contributed by atoms with E-state index in [0.29, 0.717) is 5.56 Å². The molecule has 0 heterocycles. The van der Waals surface area contributed by atoms with E-state index in [-0.39, 0.29) is 29.6 Å². The molecular formula is C9H14NNaO2. The molecule has 1 aromatic carbocycles. The van der Waals surface area contributed by atoms with Crippen molar-refractivity contribution in [1.29, 1.82) is 0 Å². The van der Waals surface area contributed by atoms with Gasteiger partial charge in [-0.2, -0.15) is 0 Å². The summed E-state index contributed by atoms with van der Waals surface area (Å²) in [5, 5.41) is 11.1. The molecule has 1 rings (SSSR count). The molecule has 13 heavy (non-hydrogen) atoms. The zero-order chi connectivity index (χ0) is 9.40. The first-order valence-electron chi connectivity index (χ1n) is 3.59. The molecule has 0 aliphatic carbocycles. The number of benzene rings is 1. The van der Waals surface area contributed by atoms with Gasteiger partial charge in [0.2, 0.25) is 0 Å². The van der Waals surface area contributed by atoms with E-state index in [0.717, 1.165) is 0 Å². The van der Waals surface area contributed by atoms with Crippen molar-refractivity contribution in [2.24, 2.45) is 0 Å². The number of carboxylic acid groups (broad SMARTS) is 1. The van der Waals surface area contributed by atoms with Crippen molar-refractivity contribution >= 4 is 35.5 Å². The van der Waals surface area contributed by atoms with Crippen LogP contribution in [0.1, 0.15) is 10.4 Å². The average molecular weight is 191 g/mol. The number of aromatic carboxylic acids is 1. The maximum atomic E-state index is 10.2. The van der Waals surface area contributed by atoms with Gasteiger partial charge in [-0.3, -0.25) is 0 Å². The van der Waals surface area contributed by atoms with Crippen LogP contribution in [0.15, 0.2) is 30.3 Å². The predicted molar refractivity (Wildman–Crippen MR) is 55.5 cm³/mol. The Morgan fingerprint density at radius 2 is 1.62 bits per heavy atom. The number of carboxylic acids is 1. The van der Waals surface area contributed by atoms with Gasteiger partial charge < -0.3 is 10.4 Å². The van der Waals surface area contributed by atoms with E-state index in [1.54, 1.807) is 30.3 Å². The fourth-order valence-electron chi connectivity index (χ4n) is 0.581. The van der Waals surface area contributed by atoms with Gasteiger partial charge >= 0.3 is 35.5 Å². The van der Waals surface area contributed by atoms with Crippen molar-refractivity contribution in [2.45, 2.75) is 0 Å².